The molecular weight excluding hydrogens is 316 g/mol. The summed E-state index contributed by atoms with van der Waals surface area (Å²) in [6.45, 7) is 0. The summed E-state index contributed by atoms with van der Waals surface area (Å²) in [4.78, 5) is 24.5. The fourth-order valence-corrected chi connectivity index (χ4v) is 2.59. The van der Waals surface area contributed by atoms with Gasteiger partial charge in [-0.1, -0.05) is 18.2 Å². The quantitative estimate of drug-likeness (QED) is 0.898. The first-order valence-electron chi connectivity index (χ1n) is 7.73. The molecule has 3 rings (SSSR count). The largest absolute Gasteiger partial charge is 0.326 e. The van der Waals surface area contributed by atoms with Gasteiger partial charge in [0, 0.05) is 5.69 Å². The minimum Gasteiger partial charge on any atom is -0.326 e. The molecule has 1 aliphatic carbocycles. The average molecular weight is 330 g/mol. The van der Waals surface area contributed by atoms with E-state index in [0.717, 1.165) is 0 Å². The molecule has 0 aliphatic heterocycles. The number of nitrogens with one attached hydrogen (secondary N) is 2. The summed E-state index contributed by atoms with van der Waals surface area (Å²) in [7, 11) is 0. The molecule has 0 spiro atoms. The fraction of sp³-hybridized carbons (Fsp3) is 0.158. The van der Waals surface area contributed by atoms with E-state index in [0.29, 0.717) is 28.9 Å². The number of carbonyl (C=O) groups excluding carboxylic acids is 2. The van der Waals surface area contributed by atoms with Crippen LogP contribution in [0.4, 0.5) is 11.4 Å². The van der Waals surface area contributed by atoms with Gasteiger partial charge in [0.05, 0.1) is 34.7 Å². The third-order valence-corrected chi connectivity index (χ3v) is 4.03. The predicted octanol–water partition coefficient (Wildman–Crippen LogP) is 2.64. The SMILES string of the molecule is N#Cc1cccc(NC(=O)C2CC2C(=O)Nc2ccccc2C#N)c1. The van der Waals surface area contributed by atoms with Crippen molar-refractivity contribution >= 4 is 23.2 Å². The van der Waals surface area contributed by atoms with Gasteiger partial charge in [0.1, 0.15) is 6.07 Å². The van der Waals surface area contributed by atoms with Crippen molar-refractivity contribution in [3.63, 3.8) is 0 Å². The first kappa shape index (κ1) is 16.2. The number of amides is 2. The summed E-state index contributed by atoms with van der Waals surface area (Å²) in [5.74, 6) is -1.33. The van der Waals surface area contributed by atoms with Crippen molar-refractivity contribution in [1.29, 1.82) is 10.5 Å². The summed E-state index contributed by atoms with van der Waals surface area (Å²) in [5.41, 5.74) is 1.81. The molecule has 2 unspecified atom stereocenters. The Balaban J connectivity index is 1.60. The van der Waals surface area contributed by atoms with E-state index in [-0.39, 0.29) is 11.8 Å². The number of carbonyl (C=O) groups is 2. The van der Waals surface area contributed by atoms with Crippen LogP contribution in [-0.4, -0.2) is 11.8 Å². The Hall–Kier alpha value is -3.64. The maximum atomic E-state index is 12.3. The molecule has 2 aromatic carbocycles. The molecule has 1 saturated carbocycles. The van der Waals surface area contributed by atoms with Crippen LogP contribution in [0, 0.1) is 34.5 Å². The van der Waals surface area contributed by atoms with Crippen LogP contribution < -0.4 is 10.6 Å². The lowest BCUT2D eigenvalue weighted by molar-refractivity contribution is -0.122. The Morgan fingerprint density at radius 3 is 2.36 bits per heavy atom. The van der Waals surface area contributed by atoms with Gasteiger partial charge in [-0.3, -0.25) is 9.59 Å². The second-order valence-corrected chi connectivity index (χ2v) is 5.78. The predicted molar refractivity (Wildman–Crippen MR) is 91.2 cm³/mol. The van der Waals surface area contributed by atoms with Crippen molar-refractivity contribution in [2.24, 2.45) is 11.8 Å². The molecule has 2 amide bonds. The molecule has 6 nitrogen and oxygen atoms in total. The van der Waals surface area contributed by atoms with Crippen LogP contribution in [-0.2, 0) is 9.59 Å². The Kier molecular flexibility index (Phi) is 4.45. The monoisotopic (exact) mass is 330 g/mol. The molecule has 0 radical (unpaired) electrons. The number of nitriles is 2. The van der Waals surface area contributed by atoms with Crippen molar-refractivity contribution in [3.8, 4) is 12.1 Å². The molecule has 6 heteroatoms. The van der Waals surface area contributed by atoms with Crippen LogP contribution in [0.3, 0.4) is 0 Å². The average Bonchev–Trinajstić information content (AvgIpc) is 3.43. The zero-order valence-electron chi connectivity index (χ0n) is 13.2. The molecule has 25 heavy (non-hydrogen) atoms. The van der Waals surface area contributed by atoms with Crippen LogP contribution in [0.5, 0.6) is 0 Å². The highest BCUT2D eigenvalue weighted by molar-refractivity contribution is 6.03. The van der Waals surface area contributed by atoms with Crippen LogP contribution >= 0.6 is 0 Å². The third-order valence-electron chi connectivity index (χ3n) is 4.03. The Bertz CT molecular complexity index is 924. The Morgan fingerprint density at radius 2 is 1.64 bits per heavy atom. The summed E-state index contributed by atoms with van der Waals surface area (Å²) in [6, 6.07) is 17.4. The topological polar surface area (TPSA) is 106 Å². The standard InChI is InChI=1S/C19H14N4O2/c20-10-12-4-3-6-14(8-12)22-18(24)15-9-16(15)19(25)23-17-7-2-1-5-13(17)11-21/h1-8,15-16H,9H2,(H,22,24)(H,23,25). The van der Waals surface area contributed by atoms with Gasteiger partial charge in [-0.25, -0.2) is 0 Å². The van der Waals surface area contributed by atoms with Gasteiger partial charge in [0.25, 0.3) is 0 Å². The van der Waals surface area contributed by atoms with E-state index in [1.54, 1.807) is 48.5 Å². The summed E-state index contributed by atoms with van der Waals surface area (Å²) in [6.07, 6.45) is 0.463. The number of hydrogen-bond acceptors (Lipinski definition) is 4. The Labute approximate surface area is 144 Å². The van der Waals surface area contributed by atoms with Crippen LogP contribution in [0.25, 0.3) is 0 Å². The zero-order chi connectivity index (χ0) is 17.8. The molecule has 1 aliphatic rings. The molecule has 2 atom stereocenters. The lowest BCUT2D eigenvalue weighted by atomic mass is 10.2. The number of nitrogens with zero attached hydrogens (tertiary/aromatic N) is 2. The molecular formula is C19H14N4O2. The van der Waals surface area contributed by atoms with Gasteiger partial charge in [0.15, 0.2) is 0 Å². The fourth-order valence-electron chi connectivity index (χ4n) is 2.59. The zero-order valence-corrected chi connectivity index (χ0v) is 13.2. The summed E-state index contributed by atoms with van der Waals surface area (Å²) >= 11 is 0. The van der Waals surface area contributed by atoms with Crippen molar-refractivity contribution < 1.29 is 9.59 Å². The minimum atomic E-state index is -0.411. The van der Waals surface area contributed by atoms with E-state index in [1.165, 1.54) is 0 Å². The molecule has 0 heterocycles. The van der Waals surface area contributed by atoms with E-state index >= 15 is 0 Å². The number of benzene rings is 2. The first-order chi connectivity index (χ1) is 12.1. The van der Waals surface area contributed by atoms with Gasteiger partial charge in [-0.2, -0.15) is 10.5 Å². The van der Waals surface area contributed by atoms with Crippen LogP contribution in [0.15, 0.2) is 48.5 Å². The molecule has 0 aromatic heterocycles. The van der Waals surface area contributed by atoms with Gasteiger partial charge in [0.2, 0.25) is 11.8 Å². The Morgan fingerprint density at radius 1 is 0.920 bits per heavy atom. The normalized spacial score (nSPS) is 17.7. The maximum Gasteiger partial charge on any atom is 0.228 e. The molecule has 0 bridgehead atoms. The molecule has 2 N–H and O–H groups in total. The van der Waals surface area contributed by atoms with Crippen molar-refractivity contribution in [2.45, 2.75) is 6.42 Å². The number of rotatable bonds is 4. The number of para-hydroxylation sites is 1. The highest BCUT2D eigenvalue weighted by Crippen LogP contribution is 2.40. The minimum absolute atomic E-state index is 0.246. The van der Waals surface area contributed by atoms with Crippen molar-refractivity contribution in [2.75, 3.05) is 10.6 Å². The second-order valence-electron chi connectivity index (χ2n) is 5.78. The van der Waals surface area contributed by atoms with Crippen molar-refractivity contribution in [1.82, 2.24) is 0 Å². The van der Waals surface area contributed by atoms with E-state index in [9.17, 15) is 9.59 Å². The van der Waals surface area contributed by atoms with Gasteiger partial charge >= 0.3 is 0 Å². The van der Waals surface area contributed by atoms with Gasteiger partial charge < -0.3 is 10.6 Å². The van der Waals surface area contributed by atoms with E-state index < -0.39 is 11.8 Å². The highest BCUT2D eigenvalue weighted by atomic mass is 16.2. The number of hydrogen-bond donors (Lipinski definition) is 2. The van der Waals surface area contributed by atoms with Crippen molar-refractivity contribution in [3.05, 3.63) is 59.7 Å². The van der Waals surface area contributed by atoms with E-state index in [4.69, 9.17) is 10.5 Å². The number of anilines is 2. The summed E-state index contributed by atoms with van der Waals surface area (Å²) < 4.78 is 0. The van der Waals surface area contributed by atoms with Crippen LogP contribution in [0.1, 0.15) is 17.5 Å². The molecule has 122 valence electrons. The second kappa shape index (κ2) is 6.86. The van der Waals surface area contributed by atoms with Gasteiger partial charge in [-0.15, -0.1) is 0 Å². The van der Waals surface area contributed by atoms with Crippen LogP contribution in [0.2, 0.25) is 0 Å². The highest BCUT2D eigenvalue weighted by Gasteiger charge is 2.48. The lowest BCUT2D eigenvalue weighted by Gasteiger charge is -2.07. The maximum absolute atomic E-state index is 12.3. The first-order valence-corrected chi connectivity index (χ1v) is 7.73. The summed E-state index contributed by atoms with van der Waals surface area (Å²) in [5, 5.41) is 23.4. The third kappa shape index (κ3) is 3.65. The van der Waals surface area contributed by atoms with E-state index in [2.05, 4.69) is 10.6 Å². The van der Waals surface area contributed by atoms with Gasteiger partial charge in [-0.05, 0) is 36.8 Å². The van der Waals surface area contributed by atoms with E-state index in [1.807, 2.05) is 12.1 Å². The molecule has 1 fully saturated rings. The molecule has 2 aromatic rings. The lowest BCUT2D eigenvalue weighted by Crippen LogP contribution is -2.21. The smallest absolute Gasteiger partial charge is 0.228 e. The molecule has 0 saturated heterocycles.